The van der Waals surface area contributed by atoms with E-state index in [2.05, 4.69) is 38.5 Å². The van der Waals surface area contributed by atoms with Crippen molar-refractivity contribution in [3.8, 4) is 0 Å². The minimum atomic E-state index is -0.414. The summed E-state index contributed by atoms with van der Waals surface area (Å²) in [5, 5.41) is 9.24. The zero-order chi connectivity index (χ0) is 6.91. The van der Waals surface area contributed by atoms with Crippen LogP contribution in [-0.2, 0) is 0 Å². The Hall–Kier alpha value is 0.650. The molecule has 50 valence electrons. The number of halogens is 2. The van der Waals surface area contributed by atoms with E-state index in [0.29, 0.717) is 0 Å². The number of allylic oxidation sites excluding steroid dienone is 2. The van der Waals surface area contributed by atoms with Crippen LogP contribution in [0.3, 0.4) is 0 Å². The van der Waals surface area contributed by atoms with Gasteiger partial charge in [-0.1, -0.05) is 62.8 Å². The van der Waals surface area contributed by atoms with Gasteiger partial charge >= 0.3 is 0 Å². The molecule has 1 N–H and O–H groups in total. The standard InChI is InChI=1S/C6H6BrIO/c7-6(8)4-2-1-3-5(6)9/h1-5,9H. The zero-order valence-corrected chi connectivity index (χ0v) is 8.33. The summed E-state index contributed by atoms with van der Waals surface area (Å²) < 4.78 is -0.292. The maximum atomic E-state index is 9.24. The summed E-state index contributed by atoms with van der Waals surface area (Å²) in [7, 11) is 0. The maximum absolute atomic E-state index is 9.24. The Balaban J connectivity index is 2.78. The normalized spacial score (nSPS) is 41.4. The van der Waals surface area contributed by atoms with Crippen molar-refractivity contribution in [3.05, 3.63) is 24.3 Å². The fourth-order valence-corrected chi connectivity index (χ4v) is 1.30. The molecular weight excluding hydrogens is 295 g/mol. The fraction of sp³-hybridized carbons (Fsp3) is 0.333. The highest BCUT2D eigenvalue weighted by atomic mass is 127. The molecule has 0 fully saturated rings. The molecule has 1 nitrogen and oxygen atoms in total. The lowest BCUT2D eigenvalue weighted by atomic mass is 10.1. The Kier molecular flexibility index (Phi) is 2.34. The van der Waals surface area contributed by atoms with Crippen molar-refractivity contribution in [2.45, 2.75) is 8.43 Å². The molecule has 0 radical (unpaired) electrons. The molecule has 1 rings (SSSR count). The van der Waals surface area contributed by atoms with E-state index >= 15 is 0 Å². The number of rotatable bonds is 0. The van der Waals surface area contributed by atoms with Gasteiger partial charge in [-0.15, -0.1) is 0 Å². The van der Waals surface area contributed by atoms with Gasteiger partial charge in [0.2, 0.25) is 0 Å². The molecular formula is C6H6BrIO. The van der Waals surface area contributed by atoms with Crippen molar-refractivity contribution >= 4 is 38.5 Å². The van der Waals surface area contributed by atoms with Crippen LogP contribution in [0.5, 0.6) is 0 Å². The van der Waals surface area contributed by atoms with Gasteiger partial charge in [-0.05, 0) is 0 Å². The van der Waals surface area contributed by atoms with Crippen LogP contribution in [0.15, 0.2) is 24.3 Å². The lowest BCUT2D eigenvalue weighted by Crippen LogP contribution is -2.26. The number of hydrogen-bond acceptors (Lipinski definition) is 1. The molecule has 0 spiro atoms. The van der Waals surface area contributed by atoms with Crippen molar-refractivity contribution in [2.24, 2.45) is 0 Å². The van der Waals surface area contributed by atoms with E-state index in [1.165, 1.54) is 0 Å². The Morgan fingerprint density at radius 3 is 2.56 bits per heavy atom. The molecule has 0 aromatic heterocycles. The van der Waals surface area contributed by atoms with E-state index in [1.54, 1.807) is 6.08 Å². The molecule has 1 aliphatic rings. The molecule has 0 aliphatic heterocycles. The van der Waals surface area contributed by atoms with Crippen LogP contribution in [0.2, 0.25) is 0 Å². The van der Waals surface area contributed by atoms with Gasteiger partial charge in [0, 0.05) is 0 Å². The lowest BCUT2D eigenvalue weighted by molar-refractivity contribution is 0.228. The second-order valence-corrected chi connectivity index (χ2v) is 6.44. The highest BCUT2D eigenvalue weighted by molar-refractivity contribution is 14.1. The average Bonchev–Trinajstić information content (AvgIpc) is 1.77. The third-order valence-electron chi connectivity index (χ3n) is 1.12. The summed E-state index contributed by atoms with van der Waals surface area (Å²) >= 11 is 5.50. The van der Waals surface area contributed by atoms with E-state index in [0.717, 1.165) is 0 Å². The first-order chi connectivity index (χ1) is 4.13. The molecule has 3 heteroatoms. The van der Waals surface area contributed by atoms with Crippen molar-refractivity contribution in [2.75, 3.05) is 0 Å². The highest BCUT2D eigenvalue weighted by Crippen LogP contribution is 2.34. The Bertz CT molecular complexity index is 162. The average molecular weight is 301 g/mol. The van der Waals surface area contributed by atoms with Crippen LogP contribution in [0, 0.1) is 0 Å². The second kappa shape index (κ2) is 2.72. The zero-order valence-electron chi connectivity index (χ0n) is 4.59. The smallest absolute Gasteiger partial charge is 0.124 e. The van der Waals surface area contributed by atoms with Crippen LogP contribution in [0.25, 0.3) is 0 Å². The number of alkyl halides is 2. The van der Waals surface area contributed by atoms with Crippen molar-refractivity contribution in [1.82, 2.24) is 0 Å². The molecule has 1 aliphatic carbocycles. The molecule has 2 unspecified atom stereocenters. The minimum absolute atomic E-state index is 0.292. The van der Waals surface area contributed by atoms with Crippen LogP contribution < -0.4 is 0 Å². The Morgan fingerprint density at radius 2 is 2.22 bits per heavy atom. The van der Waals surface area contributed by atoms with E-state index in [-0.39, 0.29) is 2.33 Å². The van der Waals surface area contributed by atoms with Gasteiger partial charge in [0.25, 0.3) is 0 Å². The third-order valence-corrected chi connectivity index (χ3v) is 2.85. The topological polar surface area (TPSA) is 20.2 Å². The summed E-state index contributed by atoms with van der Waals surface area (Å²) in [6, 6.07) is 0. The van der Waals surface area contributed by atoms with Crippen LogP contribution >= 0.6 is 38.5 Å². The molecule has 0 amide bonds. The van der Waals surface area contributed by atoms with Crippen molar-refractivity contribution in [1.29, 1.82) is 0 Å². The van der Waals surface area contributed by atoms with Crippen molar-refractivity contribution in [3.63, 3.8) is 0 Å². The molecule has 0 bridgehead atoms. The van der Waals surface area contributed by atoms with Gasteiger partial charge in [0.15, 0.2) is 0 Å². The highest BCUT2D eigenvalue weighted by Gasteiger charge is 2.28. The lowest BCUT2D eigenvalue weighted by Gasteiger charge is -2.22. The van der Waals surface area contributed by atoms with E-state index in [4.69, 9.17) is 0 Å². The van der Waals surface area contributed by atoms with E-state index in [9.17, 15) is 5.11 Å². The number of hydrogen-bond donors (Lipinski definition) is 1. The third kappa shape index (κ3) is 1.78. The van der Waals surface area contributed by atoms with Gasteiger partial charge < -0.3 is 5.11 Å². The first kappa shape index (κ1) is 7.75. The number of aliphatic hydroxyl groups is 1. The van der Waals surface area contributed by atoms with Gasteiger partial charge in [0.1, 0.15) is 8.43 Å². The summed E-state index contributed by atoms with van der Waals surface area (Å²) in [4.78, 5) is 0. The molecule has 0 saturated carbocycles. The van der Waals surface area contributed by atoms with Gasteiger partial charge in [-0.25, -0.2) is 0 Å². The molecule has 0 saturated heterocycles. The summed E-state index contributed by atoms with van der Waals surface area (Å²) in [5.74, 6) is 0. The monoisotopic (exact) mass is 300 g/mol. The summed E-state index contributed by atoms with van der Waals surface area (Å²) in [5.41, 5.74) is 0. The molecule has 0 aromatic rings. The predicted molar refractivity (Wildman–Crippen MR) is 50.0 cm³/mol. The maximum Gasteiger partial charge on any atom is 0.124 e. The van der Waals surface area contributed by atoms with E-state index in [1.807, 2.05) is 18.2 Å². The van der Waals surface area contributed by atoms with Gasteiger partial charge in [-0.2, -0.15) is 0 Å². The van der Waals surface area contributed by atoms with E-state index < -0.39 is 6.10 Å². The Labute approximate surface area is 76.1 Å². The molecule has 0 aromatic carbocycles. The molecule has 2 atom stereocenters. The SMILES string of the molecule is OC1C=CC=CC1(Br)I. The largest absolute Gasteiger partial charge is 0.386 e. The fourth-order valence-electron chi connectivity index (χ4n) is 0.580. The van der Waals surface area contributed by atoms with Crippen molar-refractivity contribution < 1.29 is 5.11 Å². The summed E-state index contributed by atoms with van der Waals surface area (Å²) in [6.45, 7) is 0. The first-order valence-electron chi connectivity index (χ1n) is 2.55. The minimum Gasteiger partial charge on any atom is -0.386 e. The number of aliphatic hydroxyl groups excluding tert-OH is 1. The quantitative estimate of drug-likeness (QED) is 0.536. The van der Waals surface area contributed by atoms with Crippen LogP contribution in [0.1, 0.15) is 0 Å². The molecule has 0 heterocycles. The van der Waals surface area contributed by atoms with Gasteiger partial charge in [-0.3, -0.25) is 0 Å². The first-order valence-corrected chi connectivity index (χ1v) is 4.42. The molecule has 9 heavy (non-hydrogen) atoms. The van der Waals surface area contributed by atoms with Gasteiger partial charge in [0.05, 0.1) is 0 Å². The summed E-state index contributed by atoms with van der Waals surface area (Å²) in [6.07, 6.45) is 7.00. The van der Waals surface area contributed by atoms with Crippen LogP contribution in [0.4, 0.5) is 0 Å². The Morgan fingerprint density at radius 1 is 1.56 bits per heavy atom. The van der Waals surface area contributed by atoms with Crippen LogP contribution in [-0.4, -0.2) is 13.5 Å². The second-order valence-electron chi connectivity index (χ2n) is 1.86. The predicted octanol–water partition coefficient (Wildman–Crippen LogP) is 2.00.